The van der Waals surface area contributed by atoms with Gasteiger partial charge in [-0.1, -0.05) is 12.1 Å². The molecule has 1 aliphatic rings. The molecule has 4 heteroatoms. The lowest BCUT2D eigenvalue weighted by Gasteiger charge is -2.41. The number of aromatic nitrogens is 2. The van der Waals surface area contributed by atoms with Crippen LogP contribution >= 0.6 is 0 Å². The van der Waals surface area contributed by atoms with E-state index in [9.17, 15) is 0 Å². The predicted octanol–water partition coefficient (Wildman–Crippen LogP) is 2.68. The summed E-state index contributed by atoms with van der Waals surface area (Å²) in [5.41, 5.74) is 4.11. The Balaban J connectivity index is 1.96. The smallest absolute Gasteiger partial charge is 0.0891 e. The third-order valence-corrected chi connectivity index (χ3v) is 4.49. The Hall–Kier alpha value is -1.52. The first-order valence-electron chi connectivity index (χ1n) is 7.78. The molecule has 0 radical (unpaired) electrons. The summed E-state index contributed by atoms with van der Waals surface area (Å²) >= 11 is 0. The van der Waals surface area contributed by atoms with Crippen LogP contribution in [0, 0.1) is 6.92 Å². The second-order valence-electron chi connectivity index (χ2n) is 6.21. The largest absolute Gasteiger partial charge is 0.311 e. The van der Waals surface area contributed by atoms with E-state index in [0.29, 0.717) is 18.1 Å². The van der Waals surface area contributed by atoms with Gasteiger partial charge in [0.05, 0.1) is 28.5 Å². The van der Waals surface area contributed by atoms with E-state index in [0.717, 1.165) is 35.5 Å². The highest BCUT2D eigenvalue weighted by molar-refractivity contribution is 5.74. The lowest BCUT2D eigenvalue weighted by molar-refractivity contribution is 0.101. The molecule has 0 amide bonds. The quantitative estimate of drug-likeness (QED) is 0.920. The van der Waals surface area contributed by atoms with Crippen LogP contribution in [0.4, 0.5) is 0 Å². The topological polar surface area (TPSA) is 41.1 Å². The summed E-state index contributed by atoms with van der Waals surface area (Å²) < 4.78 is 0. The summed E-state index contributed by atoms with van der Waals surface area (Å²) in [7, 11) is 0. The van der Waals surface area contributed by atoms with Crippen molar-refractivity contribution in [3.63, 3.8) is 0 Å². The average Bonchev–Trinajstić information content (AvgIpc) is 2.48. The van der Waals surface area contributed by atoms with Crippen molar-refractivity contribution in [2.75, 3.05) is 13.1 Å². The lowest BCUT2D eigenvalue weighted by Crippen LogP contribution is -2.55. The zero-order chi connectivity index (χ0) is 15.0. The Morgan fingerprint density at radius 2 is 1.86 bits per heavy atom. The molecule has 1 aliphatic heterocycles. The Labute approximate surface area is 126 Å². The van der Waals surface area contributed by atoms with Crippen LogP contribution in [0.25, 0.3) is 11.0 Å². The van der Waals surface area contributed by atoms with Gasteiger partial charge in [0.15, 0.2) is 0 Å². The molecule has 112 valence electrons. The van der Waals surface area contributed by atoms with Gasteiger partial charge in [-0.3, -0.25) is 4.90 Å². The van der Waals surface area contributed by atoms with Gasteiger partial charge < -0.3 is 5.32 Å². The van der Waals surface area contributed by atoms with E-state index >= 15 is 0 Å². The van der Waals surface area contributed by atoms with Crippen molar-refractivity contribution < 1.29 is 0 Å². The van der Waals surface area contributed by atoms with Crippen LogP contribution in [-0.4, -0.2) is 40.0 Å². The number of hydrogen-bond acceptors (Lipinski definition) is 4. The number of fused-ring (bicyclic) bond motifs is 1. The summed E-state index contributed by atoms with van der Waals surface area (Å²) in [5.74, 6) is 0. The van der Waals surface area contributed by atoms with E-state index in [4.69, 9.17) is 9.97 Å². The van der Waals surface area contributed by atoms with E-state index in [1.807, 2.05) is 24.3 Å². The first-order valence-corrected chi connectivity index (χ1v) is 7.78. The normalized spacial score (nSPS) is 25.1. The maximum absolute atomic E-state index is 4.88. The molecule has 1 aromatic heterocycles. The molecule has 3 atom stereocenters. The van der Waals surface area contributed by atoms with Crippen LogP contribution in [0.5, 0.6) is 0 Å². The molecule has 0 saturated carbocycles. The highest BCUT2D eigenvalue weighted by atomic mass is 15.3. The van der Waals surface area contributed by atoms with Crippen molar-refractivity contribution in [1.82, 2.24) is 20.2 Å². The molecule has 1 aromatic carbocycles. The van der Waals surface area contributed by atoms with Gasteiger partial charge in [0.25, 0.3) is 0 Å². The molecule has 0 spiro atoms. The fourth-order valence-electron chi connectivity index (χ4n) is 3.24. The first-order chi connectivity index (χ1) is 10.1. The van der Waals surface area contributed by atoms with Crippen LogP contribution in [0.1, 0.15) is 38.2 Å². The van der Waals surface area contributed by atoms with Crippen molar-refractivity contribution in [3.05, 3.63) is 35.7 Å². The van der Waals surface area contributed by atoms with Crippen LogP contribution < -0.4 is 5.32 Å². The molecule has 1 fully saturated rings. The third kappa shape index (κ3) is 2.78. The molecule has 0 bridgehead atoms. The summed E-state index contributed by atoms with van der Waals surface area (Å²) in [5, 5.41) is 3.53. The third-order valence-electron chi connectivity index (χ3n) is 4.49. The monoisotopic (exact) mass is 284 g/mol. The zero-order valence-electron chi connectivity index (χ0n) is 13.3. The number of nitrogens with one attached hydrogen (secondary N) is 1. The van der Waals surface area contributed by atoms with Crippen molar-refractivity contribution in [3.8, 4) is 0 Å². The minimum atomic E-state index is 0.293. The van der Waals surface area contributed by atoms with E-state index in [2.05, 4.69) is 37.9 Å². The van der Waals surface area contributed by atoms with Gasteiger partial charge in [0, 0.05) is 25.2 Å². The SMILES string of the molecule is Cc1nc2ccccc2nc1[C@H](C)N1C[C@H](C)NC[C@H]1C. The van der Waals surface area contributed by atoms with E-state index in [1.165, 1.54) is 0 Å². The van der Waals surface area contributed by atoms with Crippen LogP contribution in [0.3, 0.4) is 0 Å². The van der Waals surface area contributed by atoms with Crippen LogP contribution in [0.2, 0.25) is 0 Å². The molecule has 21 heavy (non-hydrogen) atoms. The number of nitrogens with zero attached hydrogens (tertiary/aromatic N) is 3. The number of aryl methyl sites for hydroxylation is 1. The van der Waals surface area contributed by atoms with E-state index < -0.39 is 0 Å². The number of piperazine rings is 1. The molecule has 4 nitrogen and oxygen atoms in total. The molecule has 1 N–H and O–H groups in total. The summed E-state index contributed by atoms with van der Waals surface area (Å²) in [6.07, 6.45) is 0. The maximum Gasteiger partial charge on any atom is 0.0891 e. The highest BCUT2D eigenvalue weighted by Gasteiger charge is 2.29. The standard InChI is InChI=1S/C17H24N4/c1-11-10-21(12(2)9-18-11)14(4)17-13(3)19-15-7-5-6-8-16(15)20-17/h5-8,11-12,14,18H,9-10H2,1-4H3/t11-,12+,14-/m0/s1. The van der Waals surface area contributed by atoms with Crippen LogP contribution in [0.15, 0.2) is 24.3 Å². The van der Waals surface area contributed by atoms with Gasteiger partial charge in [-0.15, -0.1) is 0 Å². The molecular weight excluding hydrogens is 260 g/mol. The van der Waals surface area contributed by atoms with Crippen molar-refractivity contribution in [1.29, 1.82) is 0 Å². The minimum absolute atomic E-state index is 0.293. The first kappa shape index (κ1) is 14.4. The molecule has 0 aliphatic carbocycles. The molecule has 0 unspecified atom stereocenters. The van der Waals surface area contributed by atoms with Gasteiger partial charge in [0.1, 0.15) is 0 Å². The van der Waals surface area contributed by atoms with E-state index in [-0.39, 0.29) is 0 Å². The Morgan fingerprint density at radius 1 is 1.19 bits per heavy atom. The van der Waals surface area contributed by atoms with Crippen LogP contribution in [-0.2, 0) is 0 Å². The molecule has 1 saturated heterocycles. The summed E-state index contributed by atoms with van der Waals surface area (Å²) in [6, 6.07) is 9.44. The number of rotatable bonds is 2. The lowest BCUT2D eigenvalue weighted by atomic mass is 10.0. The number of benzene rings is 1. The Kier molecular flexibility index (Phi) is 3.91. The number of para-hydroxylation sites is 2. The fraction of sp³-hybridized carbons (Fsp3) is 0.529. The Morgan fingerprint density at radius 3 is 2.57 bits per heavy atom. The summed E-state index contributed by atoms with van der Waals surface area (Å²) in [6.45, 7) is 10.9. The van der Waals surface area contributed by atoms with E-state index in [1.54, 1.807) is 0 Å². The van der Waals surface area contributed by atoms with Gasteiger partial charge in [0.2, 0.25) is 0 Å². The highest BCUT2D eigenvalue weighted by Crippen LogP contribution is 2.26. The second-order valence-corrected chi connectivity index (χ2v) is 6.21. The average molecular weight is 284 g/mol. The van der Waals surface area contributed by atoms with Crippen molar-refractivity contribution in [2.45, 2.75) is 45.8 Å². The molecule has 2 aromatic rings. The van der Waals surface area contributed by atoms with Crippen molar-refractivity contribution in [2.24, 2.45) is 0 Å². The Bertz CT molecular complexity index is 640. The fourth-order valence-corrected chi connectivity index (χ4v) is 3.24. The van der Waals surface area contributed by atoms with Gasteiger partial charge in [-0.25, -0.2) is 9.97 Å². The van der Waals surface area contributed by atoms with Crippen molar-refractivity contribution >= 4 is 11.0 Å². The minimum Gasteiger partial charge on any atom is -0.311 e. The summed E-state index contributed by atoms with van der Waals surface area (Å²) in [4.78, 5) is 12.2. The number of hydrogen-bond donors (Lipinski definition) is 1. The second kappa shape index (κ2) is 5.70. The van der Waals surface area contributed by atoms with Gasteiger partial charge in [-0.05, 0) is 39.8 Å². The molecular formula is C17H24N4. The maximum atomic E-state index is 4.88. The molecule has 3 rings (SSSR count). The predicted molar refractivity (Wildman–Crippen MR) is 86.3 cm³/mol. The van der Waals surface area contributed by atoms with Gasteiger partial charge in [-0.2, -0.15) is 0 Å². The zero-order valence-corrected chi connectivity index (χ0v) is 13.3. The molecule has 2 heterocycles. The van der Waals surface area contributed by atoms with Gasteiger partial charge >= 0.3 is 0 Å².